The van der Waals surface area contributed by atoms with Gasteiger partial charge in [-0.15, -0.1) is 0 Å². The molecule has 0 radical (unpaired) electrons. The molecule has 24 heavy (non-hydrogen) atoms. The molecule has 5 nitrogen and oxygen atoms in total. The predicted octanol–water partition coefficient (Wildman–Crippen LogP) is 3.97. The third kappa shape index (κ3) is 5.55. The Morgan fingerprint density at radius 3 is 2.21 bits per heavy atom. The summed E-state index contributed by atoms with van der Waals surface area (Å²) in [6, 6.07) is 8.02. The van der Waals surface area contributed by atoms with Gasteiger partial charge in [-0.3, -0.25) is 4.79 Å². The Morgan fingerprint density at radius 2 is 1.71 bits per heavy atom. The topological polar surface area (TPSA) is 81.4 Å². The molecule has 0 atom stereocenters. The van der Waals surface area contributed by atoms with E-state index in [1.807, 2.05) is 12.1 Å². The summed E-state index contributed by atoms with van der Waals surface area (Å²) in [5.74, 6) is 0.379. The summed E-state index contributed by atoms with van der Waals surface area (Å²) in [4.78, 5) is 23.0. The van der Waals surface area contributed by atoms with E-state index >= 15 is 0 Å². The SMILES string of the molecule is CC(C)(C)c1ccc(NC(=O)CC2CCC(OC(N)=O)CC2)cc1. The summed E-state index contributed by atoms with van der Waals surface area (Å²) < 4.78 is 5.02. The highest BCUT2D eigenvalue weighted by atomic mass is 16.6. The number of ether oxygens (including phenoxy) is 1. The van der Waals surface area contributed by atoms with Crippen LogP contribution in [-0.4, -0.2) is 18.1 Å². The van der Waals surface area contributed by atoms with Gasteiger partial charge < -0.3 is 15.8 Å². The molecule has 132 valence electrons. The number of benzene rings is 1. The molecule has 0 aromatic heterocycles. The molecule has 5 heteroatoms. The number of amides is 2. The zero-order valence-electron chi connectivity index (χ0n) is 14.8. The Labute approximate surface area is 143 Å². The molecule has 0 heterocycles. The monoisotopic (exact) mass is 332 g/mol. The molecular formula is C19H28N2O3. The van der Waals surface area contributed by atoms with E-state index in [9.17, 15) is 9.59 Å². The first-order valence-corrected chi connectivity index (χ1v) is 8.60. The van der Waals surface area contributed by atoms with Crippen molar-refractivity contribution in [2.75, 3.05) is 5.32 Å². The molecule has 0 unspecified atom stereocenters. The van der Waals surface area contributed by atoms with E-state index < -0.39 is 6.09 Å². The number of primary amides is 1. The van der Waals surface area contributed by atoms with Crippen molar-refractivity contribution in [2.45, 2.75) is 64.4 Å². The van der Waals surface area contributed by atoms with Gasteiger partial charge in [0.2, 0.25) is 5.91 Å². The highest BCUT2D eigenvalue weighted by Crippen LogP contribution is 2.29. The Bertz CT molecular complexity index is 567. The van der Waals surface area contributed by atoms with E-state index in [2.05, 4.69) is 38.2 Å². The molecule has 0 spiro atoms. The van der Waals surface area contributed by atoms with E-state index in [0.717, 1.165) is 31.4 Å². The smallest absolute Gasteiger partial charge is 0.404 e. The van der Waals surface area contributed by atoms with Crippen LogP contribution in [0.25, 0.3) is 0 Å². The lowest BCUT2D eigenvalue weighted by atomic mass is 9.85. The molecule has 2 amide bonds. The molecule has 3 N–H and O–H groups in total. The lowest BCUT2D eigenvalue weighted by Gasteiger charge is -2.27. The fraction of sp³-hybridized carbons (Fsp3) is 0.579. The van der Waals surface area contributed by atoms with E-state index in [4.69, 9.17) is 10.5 Å². The second kappa shape index (κ2) is 7.69. The quantitative estimate of drug-likeness (QED) is 0.875. The van der Waals surface area contributed by atoms with Crippen LogP contribution in [-0.2, 0) is 14.9 Å². The Hall–Kier alpha value is -2.04. The van der Waals surface area contributed by atoms with Crippen LogP contribution >= 0.6 is 0 Å². The molecule has 0 aliphatic heterocycles. The molecule has 1 aromatic carbocycles. The van der Waals surface area contributed by atoms with Crippen molar-refractivity contribution in [1.29, 1.82) is 0 Å². The van der Waals surface area contributed by atoms with Crippen LogP contribution < -0.4 is 11.1 Å². The third-order valence-corrected chi connectivity index (χ3v) is 4.59. The van der Waals surface area contributed by atoms with Gasteiger partial charge in [-0.05, 0) is 54.7 Å². The second-order valence-corrected chi connectivity index (χ2v) is 7.66. The van der Waals surface area contributed by atoms with Crippen LogP contribution in [0.4, 0.5) is 10.5 Å². The standard InChI is InChI=1S/C19H28N2O3/c1-19(2,3)14-6-8-15(9-7-14)21-17(22)12-13-4-10-16(11-5-13)24-18(20)23/h6-9,13,16H,4-5,10-12H2,1-3H3,(H2,20,23)(H,21,22). The number of rotatable bonds is 4. The summed E-state index contributed by atoms with van der Waals surface area (Å²) in [6.07, 6.45) is 3.02. The van der Waals surface area contributed by atoms with Crippen molar-refractivity contribution >= 4 is 17.7 Å². The van der Waals surface area contributed by atoms with Crippen molar-refractivity contribution in [3.8, 4) is 0 Å². The zero-order valence-corrected chi connectivity index (χ0v) is 14.8. The van der Waals surface area contributed by atoms with Crippen LogP contribution in [0.1, 0.15) is 58.4 Å². The first kappa shape index (κ1) is 18.3. The van der Waals surface area contributed by atoms with Gasteiger partial charge in [0.25, 0.3) is 0 Å². The molecule has 0 saturated heterocycles. The Morgan fingerprint density at radius 1 is 1.12 bits per heavy atom. The van der Waals surface area contributed by atoms with Gasteiger partial charge in [0.15, 0.2) is 0 Å². The number of carbonyl (C=O) groups is 2. The number of nitrogens with one attached hydrogen (secondary N) is 1. The zero-order chi connectivity index (χ0) is 17.7. The number of hydrogen-bond donors (Lipinski definition) is 2. The van der Waals surface area contributed by atoms with Gasteiger partial charge in [-0.25, -0.2) is 4.79 Å². The van der Waals surface area contributed by atoms with Gasteiger partial charge in [0.1, 0.15) is 6.10 Å². The summed E-state index contributed by atoms with van der Waals surface area (Å²) in [6.45, 7) is 6.50. The van der Waals surface area contributed by atoms with Crippen molar-refractivity contribution in [2.24, 2.45) is 11.7 Å². The van der Waals surface area contributed by atoms with Crippen LogP contribution in [0, 0.1) is 5.92 Å². The summed E-state index contributed by atoms with van der Waals surface area (Å²) in [5.41, 5.74) is 7.22. The number of nitrogens with two attached hydrogens (primary N) is 1. The first-order valence-electron chi connectivity index (χ1n) is 8.60. The maximum absolute atomic E-state index is 12.2. The average molecular weight is 332 g/mol. The molecule has 1 fully saturated rings. The van der Waals surface area contributed by atoms with Gasteiger partial charge in [-0.2, -0.15) is 0 Å². The molecule has 1 aromatic rings. The maximum atomic E-state index is 12.2. The van der Waals surface area contributed by atoms with Gasteiger partial charge in [-0.1, -0.05) is 32.9 Å². The molecule has 0 bridgehead atoms. The van der Waals surface area contributed by atoms with Gasteiger partial charge in [0.05, 0.1) is 0 Å². The van der Waals surface area contributed by atoms with Crippen molar-refractivity contribution in [1.82, 2.24) is 0 Å². The fourth-order valence-electron chi connectivity index (χ4n) is 3.15. The third-order valence-electron chi connectivity index (χ3n) is 4.59. The number of hydrogen-bond acceptors (Lipinski definition) is 3. The van der Waals surface area contributed by atoms with Crippen molar-refractivity contribution < 1.29 is 14.3 Å². The summed E-state index contributed by atoms with van der Waals surface area (Å²) in [5, 5.41) is 2.97. The lowest BCUT2D eigenvalue weighted by Crippen LogP contribution is -2.28. The molecule has 2 rings (SSSR count). The Kier molecular flexibility index (Phi) is 5.86. The normalized spacial score (nSPS) is 21.1. The highest BCUT2D eigenvalue weighted by molar-refractivity contribution is 5.90. The first-order chi connectivity index (χ1) is 11.2. The number of anilines is 1. The fourth-order valence-corrected chi connectivity index (χ4v) is 3.15. The van der Waals surface area contributed by atoms with Crippen LogP contribution in [0.2, 0.25) is 0 Å². The van der Waals surface area contributed by atoms with Crippen LogP contribution in [0.3, 0.4) is 0 Å². The second-order valence-electron chi connectivity index (χ2n) is 7.66. The minimum atomic E-state index is -0.713. The maximum Gasteiger partial charge on any atom is 0.404 e. The van der Waals surface area contributed by atoms with E-state index in [-0.39, 0.29) is 17.4 Å². The average Bonchev–Trinajstić information content (AvgIpc) is 2.48. The molecule has 1 saturated carbocycles. The van der Waals surface area contributed by atoms with Crippen LogP contribution in [0.15, 0.2) is 24.3 Å². The Balaban J connectivity index is 1.79. The van der Waals surface area contributed by atoms with E-state index in [0.29, 0.717) is 12.3 Å². The van der Waals surface area contributed by atoms with Gasteiger partial charge >= 0.3 is 6.09 Å². The molecular weight excluding hydrogens is 304 g/mol. The van der Waals surface area contributed by atoms with E-state index in [1.165, 1.54) is 5.56 Å². The molecule has 1 aliphatic rings. The number of carbonyl (C=O) groups excluding carboxylic acids is 2. The lowest BCUT2D eigenvalue weighted by molar-refractivity contribution is -0.117. The minimum Gasteiger partial charge on any atom is -0.446 e. The van der Waals surface area contributed by atoms with Crippen LogP contribution in [0.5, 0.6) is 0 Å². The highest BCUT2D eigenvalue weighted by Gasteiger charge is 2.25. The summed E-state index contributed by atoms with van der Waals surface area (Å²) in [7, 11) is 0. The van der Waals surface area contributed by atoms with Gasteiger partial charge in [0, 0.05) is 12.1 Å². The molecule has 1 aliphatic carbocycles. The van der Waals surface area contributed by atoms with E-state index in [1.54, 1.807) is 0 Å². The summed E-state index contributed by atoms with van der Waals surface area (Å²) >= 11 is 0. The minimum absolute atomic E-state index is 0.0396. The van der Waals surface area contributed by atoms with Crippen molar-refractivity contribution in [3.05, 3.63) is 29.8 Å². The largest absolute Gasteiger partial charge is 0.446 e. The van der Waals surface area contributed by atoms with Crippen molar-refractivity contribution in [3.63, 3.8) is 0 Å². The predicted molar refractivity (Wildman–Crippen MR) is 94.8 cm³/mol.